The molecule has 1 aromatic carbocycles. The molecular formula is C30H45F3N2O3. The van der Waals surface area contributed by atoms with Gasteiger partial charge in [-0.15, -0.1) is 0 Å². The summed E-state index contributed by atoms with van der Waals surface area (Å²) in [6.45, 7) is 12.3. The maximum atomic E-state index is 11.6. The van der Waals surface area contributed by atoms with Crippen molar-refractivity contribution in [2.45, 2.75) is 97.4 Å². The van der Waals surface area contributed by atoms with Crippen molar-refractivity contribution < 1.29 is 27.9 Å². The summed E-state index contributed by atoms with van der Waals surface area (Å²) in [5.41, 5.74) is 5.61. The Kier molecular flexibility index (Phi) is 12.5. The molecule has 2 saturated heterocycles. The van der Waals surface area contributed by atoms with E-state index in [0.29, 0.717) is 12.0 Å². The zero-order valence-corrected chi connectivity index (χ0v) is 23.5. The van der Waals surface area contributed by atoms with E-state index in [1.165, 1.54) is 18.9 Å². The van der Waals surface area contributed by atoms with Crippen LogP contribution in [-0.2, 0) is 4.84 Å². The maximum absolute atomic E-state index is 11.6. The summed E-state index contributed by atoms with van der Waals surface area (Å²) in [4.78, 5) is 19.7. The lowest BCUT2D eigenvalue weighted by atomic mass is 9.87. The summed E-state index contributed by atoms with van der Waals surface area (Å²) in [6.07, 6.45) is 6.87. The molecule has 1 saturated carbocycles. The number of likely N-dealkylation sites (tertiary alicyclic amines) is 1. The van der Waals surface area contributed by atoms with Crippen LogP contribution in [0.5, 0.6) is 0 Å². The molecule has 3 fully saturated rings. The van der Waals surface area contributed by atoms with Crippen molar-refractivity contribution in [2.24, 2.45) is 5.92 Å². The van der Waals surface area contributed by atoms with Gasteiger partial charge in [0.2, 0.25) is 0 Å². The number of allylic oxidation sites excluding steroid dienone is 3. The van der Waals surface area contributed by atoms with Crippen molar-refractivity contribution in [1.82, 2.24) is 10.4 Å². The molecule has 5 nitrogen and oxygen atoms in total. The molecule has 0 bridgehead atoms. The molecule has 1 aliphatic carbocycles. The highest BCUT2D eigenvalue weighted by Crippen LogP contribution is 2.40. The molecule has 2 N–H and O–H groups in total. The molecule has 2 aliphatic heterocycles. The van der Waals surface area contributed by atoms with Crippen LogP contribution >= 0.6 is 0 Å². The van der Waals surface area contributed by atoms with Gasteiger partial charge in [0, 0.05) is 25.1 Å². The number of hydroxylamine groups is 1. The van der Waals surface area contributed by atoms with E-state index in [-0.39, 0.29) is 11.6 Å². The fraction of sp³-hybridized carbons (Fsp3) is 0.633. The topological polar surface area (TPSA) is 61.8 Å². The standard InChI is InChI=1S/C22H30N2O3.C6H9F3.C2H6/c1-16(17-3-4-17)9-13-24-12-2-10-22(11-14-24)15-20(23-27-22)18-5-7-19(8-6-18)21(25)26;1-3-4-5(2)6(7,8)9;1-2/h5-9,17,20,23H,2-4,10-15H2,1H3,(H,25,26);4H,3H2,1-2H3;1-2H3/b16-9-;5-4+;. The Balaban J connectivity index is 0.000000394. The number of carbonyl (C=O) groups is 1. The summed E-state index contributed by atoms with van der Waals surface area (Å²) in [7, 11) is 0. The molecule has 3 aliphatic rings. The summed E-state index contributed by atoms with van der Waals surface area (Å²) in [5.74, 6) is -0.0255. The summed E-state index contributed by atoms with van der Waals surface area (Å²) >= 11 is 0. The Morgan fingerprint density at radius 1 is 1.13 bits per heavy atom. The van der Waals surface area contributed by atoms with Crippen molar-refractivity contribution >= 4 is 5.97 Å². The normalized spacial score (nSPS) is 24.7. The lowest BCUT2D eigenvalue weighted by Gasteiger charge is -2.25. The zero-order valence-electron chi connectivity index (χ0n) is 23.5. The first kappa shape index (κ1) is 32.1. The summed E-state index contributed by atoms with van der Waals surface area (Å²) < 4.78 is 34.7. The maximum Gasteiger partial charge on any atom is 0.412 e. The van der Waals surface area contributed by atoms with Crippen LogP contribution in [0.3, 0.4) is 0 Å². The van der Waals surface area contributed by atoms with Crippen LogP contribution < -0.4 is 5.48 Å². The molecule has 214 valence electrons. The predicted molar refractivity (Wildman–Crippen MR) is 146 cm³/mol. The second kappa shape index (κ2) is 14.8. The van der Waals surface area contributed by atoms with E-state index < -0.39 is 17.7 Å². The van der Waals surface area contributed by atoms with Gasteiger partial charge in [-0.2, -0.15) is 18.7 Å². The highest BCUT2D eigenvalue weighted by atomic mass is 19.4. The van der Waals surface area contributed by atoms with Crippen molar-refractivity contribution in [2.75, 3.05) is 19.6 Å². The number of rotatable bonds is 6. The van der Waals surface area contributed by atoms with Gasteiger partial charge >= 0.3 is 12.1 Å². The second-order valence-electron chi connectivity index (χ2n) is 10.3. The number of halogens is 3. The minimum atomic E-state index is -4.13. The Bertz CT molecular complexity index is 939. The number of hydrogen-bond donors (Lipinski definition) is 2. The first-order valence-corrected chi connectivity index (χ1v) is 13.9. The summed E-state index contributed by atoms with van der Waals surface area (Å²) in [6, 6.07) is 7.29. The minimum absolute atomic E-state index is 0.0971. The third-order valence-electron chi connectivity index (χ3n) is 7.39. The molecular weight excluding hydrogens is 493 g/mol. The molecule has 38 heavy (non-hydrogen) atoms. The Labute approximate surface area is 226 Å². The van der Waals surface area contributed by atoms with Crippen LogP contribution in [0.1, 0.15) is 102 Å². The molecule has 0 radical (unpaired) electrons. The number of alkyl halides is 3. The highest BCUT2D eigenvalue weighted by molar-refractivity contribution is 5.87. The molecule has 0 amide bonds. The molecule has 2 unspecified atom stereocenters. The molecule has 4 rings (SSSR count). The fourth-order valence-electron chi connectivity index (χ4n) is 4.81. The van der Waals surface area contributed by atoms with Gasteiger partial charge in [-0.05, 0) is 82.5 Å². The Morgan fingerprint density at radius 2 is 1.79 bits per heavy atom. The number of nitrogens with one attached hydrogen (secondary N) is 1. The van der Waals surface area contributed by atoms with Gasteiger partial charge in [0.05, 0.1) is 17.2 Å². The van der Waals surface area contributed by atoms with Crippen LogP contribution in [0.25, 0.3) is 0 Å². The van der Waals surface area contributed by atoms with E-state index in [0.717, 1.165) is 63.7 Å². The van der Waals surface area contributed by atoms with Crippen LogP contribution in [0.2, 0.25) is 0 Å². The third kappa shape index (κ3) is 9.86. The van der Waals surface area contributed by atoms with Gasteiger partial charge in [-0.25, -0.2) is 4.79 Å². The van der Waals surface area contributed by atoms with Gasteiger partial charge in [-0.3, -0.25) is 9.74 Å². The average Bonchev–Trinajstić information content (AvgIpc) is 3.69. The van der Waals surface area contributed by atoms with Crippen LogP contribution in [0.15, 0.2) is 47.6 Å². The van der Waals surface area contributed by atoms with E-state index in [4.69, 9.17) is 9.94 Å². The van der Waals surface area contributed by atoms with Gasteiger partial charge in [0.25, 0.3) is 0 Å². The SMILES string of the molecule is C/C(=C/CN1CCCC2(CC1)CC(c1ccc(C(=O)O)cc1)NO2)C1CC1.CC.CC/C=C(\C)C(F)(F)F. The van der Waals surface area contributed by atoms with E-state index >= 15 is 0 Å². The molecule has 2 atom stereocenters. The Morgan fingerprint density at radius 3 is 2.32 bits per heavy atom. The van der Waals surface area contributed by atoms with E-state index in [1.54, 1.807) is 24.6 Å². The first-order chi connectivity index (χ1) is 18.0. The predicted octanol–water partition coefficient (Wildman–Crippen LogP) is 7.86. The van der Waals surface area contributed by atoms with Crippen molar-refractivity contribution in [3.8, 4) is 0 Å². The minimum Gasteiger partial charge on any atom is -0.478 e. The monoisotopic (exact) mass is 538 g/mol. The number of benzene rings is 1. The van der Waals surface area contributed by atoms with Gasteiger partial charge in [0.15, 0.2) is 0 Å². The van der Waals surface area contributed by atoms with Gasteiger partial charge < -0.3 is 5.11 Å². The Hall–Kier alpha value is -2.16. The van der Waals surface area contributed by atoms with Crippen molar-refractivity contribution in [3.05, 3.63) is 58.7 Å². The fourth-order valence-corrected chi connectivity index (χ4v) is 4.81. The van der Waals surface area contributed by atoms with Gasteiger partial charge in [0.1, 0.15) is 0 Å². The van der Waals surface area contributed by atoms with E-state index in [1.807, 2.05) is 26.0 Å². The van der Waals surface area contributed by atoms with Crippen LogP contribution in [0, 0.1) is 5.92 Å². The van der Waals surface area contributed by atoms with Gasteiger partial charge in [-0.1, -0.05) is 50.6 Å². The van der Waals surface area contributed by atoms with Crippen LogP contribution in [-0.4, -0.2) is 47.4 Å². The van der Waals surface area contributed by atoms with Crippen molar-refractivity contribution in [1.29, 1.82) is 0 Å². The molecule has 2 heterocycles. The number of nitrogens with zero attached hydrogens (tertiary/aromatic N) is 1. The lowest BCUT2D eigenvalue weighted by molar-refractivity contribution is -0.0915. The molecule has 0 aromatic heterocycles. The van der Waals surface area contributed by atoms with Crippen molar-refractivity contribution in [3.63, 3.8) is 0 Å². The third-order valence-corrected chi connectivity index (χ3v) is 7.39. The second-order valence-corrected chi connectivity index (χ2v) is 10.3. The van der Waals surface area contributed by atoms with E-state index in [9.17, 15) is 18.0 Å². The smallest absolute Gasteiger partial charge is 0.412 e. The number of carboxylic acid groups (broad SMARTS) is 1. The zero-order chi connectivity index (χ0) is 28.3. The molecule has 1 aromatic rings. The molecule has 8 heteroatoms. The van der Waals surface area contributed by atoms with Crippen LogP contribution in [0.4, 0.5) is 13.2 Å². The largest absolute Gasteiger partial charge is 0.478 e. The number of carboxylic acids is 1. The first-order valence-electron chi connectivity index (χ1n) is 13.9. The number of hydrogen-bond acceptors (Lipinski definition) is 4. The molecule has 1 spiro atoms. The quantitative estimate of drug-likeness (QED) is 0.361. The summed E-state index contributed by atoms with van der Waals surface area (Å²) in [5, 5.41) is 9.06. The van der Waals surface area contributed by atoms with E-state index in [2.05, 4.69) is 23.4 Å². The average molecular weight is 539 g/mol. The lowest BCUT2D eigenvalue weighted by Crippen LogP contribution is -2.31. The number of aromatic carboxylic acids is 1. The highest BCUT2D eigenvalue weighted by Gasteiger charge is 2.42.